The lowest BCUT2D eigenvalue weighted by Gasteiger charge is -2.26. The van der Waals surface area contributed by atoms with Gasteiger partial charge in [-0.15, -0.1) is 0 Å². The van der Waals surface area contributed by atoms with Crippen molar-refractivity contribution in [1.29, 1.82) is 0 Å². The third-order valence-electron chi connectivity index (χ3n) is 5.77. The molecule has 2 nitrogen and oxygen atoms in total. The van der Waals surface area contributed by atoms with Crippen LogP contribution in [0.1, 0.15) is 55.8 Å². The first-order valence-corrected chi connectivity index (χ1v) is 8.24. The summed E-state index contributed by atoms with van der Waals surface area (Å²) >= 11 is 0. The summed E-state index contributed by atoms with van der Waals surface area (Å²) in [7, 11) is 0. The molecule has 1 aromatic carbocycles. The zero-order valence-corrected chi connectivity index (χ0v) is 12.1. The van der Waals surface area contributed by atoms with Crippen molar-refractivity contribution in [2.45, 2.75) is 51.0 Å². The van der Waals surface area contributed by atoms with E-state index in [4.69, 9.17) is 4.74 Å². The molecule has 0 aliphatic heterocycles. The van der Waals surface area contributed by atoms with Gasteiger partial charge in [-0.2, -0.15) is 0 Å². The van der Waals surface area contributed by atoms with Gasteiger partial charge in [-0.05, 0) is 73.5 Å². The summed E-state index contributed by atoms with van der Waals surface area (Å²) in [5.74, 6) is 3.72. The Balaban J connectivity index is 1.48. The fraction of sp³-hybridized carbons (Fsp3) is 0.667. The number of benzene rings is 1. The maximum absolute atomic E-state index is 10.1. The first kappa shape index (κ1) is 12.7. The first-order chi connectivity index (χ1) is 9.81. The van der Waals surface area contributed by atoms with E-state index in [0.29, 0.717) is 0 Å². The Morgan fingerprint density at radius 2 is 2.10 bits per heavy atom. The molecule has 0 amide bonds. The molecule has 1 N–H and O–H groups in total. The van der Waals surface area contributed by atoms with E-state index in [0.717, 1.165) is 54.9 Å². The van der Waals surface area contributed by atoms with Gasteiger partial charge in [0.05, 0.1) is 12.7 Å². The average Bonchev–Trinajstić information content (AvgIpc) is 3.08. The van der Waals surface area contributed by atoms with Crippen LogP contribution in [0.3, 0.4) is 0 Å². The molecule has 0 saturated heterocycles. The van der Waals surface area contributed by atoms with Gasteiger partial charge in [-0.25, -0.2) is 0 Å². The van der Waals surface area contributed by atoms with Crippen molar-refractivity contribution >= 4 is 0 Å². The van der Waals surface area contributed by atoms with E-state index in [2.05, 4.69) is 12.1 Å². The van der Waals surface area contributed by atoms with Crippen molar-refractivity contribution in [3.05, 3.63) is 29.3 Å². The molecule has 0 spiro atoms. The Morgan fingerprint density at radius 1 is 1.15 bits per heavy atom. The minimum atomic E-state index is -0.287. The number of aliphatic hydroxyl groups excluding tert-OH is 1. The number of fused-ring (bicyclic) bond motifs is 3. The summed E-state index contributed by atoms with van der Waals surface area (Å²) in [6, 6.07) is 6.18. The summed E-state index contributed by atoms with van der Waals surface area (Å²) in [5.41, 5.74) is 2.36. The van der Waals surface area contributed by atoms with E-state index in [9.17, 15) is 5.11 Å². The second-order valence-electron chi connectivity index (χ2n) is 6.98. The summed E-state index contributed by atoms with van der Waals surface area (Å²) in [6.07, 6.45) is 8.43. The predicted molar refractivity (Wildman–Crippen MR) is 78.8 cm³/mol. The topological polar surface area (TPSA) is 29.5 Å². The standard InChI is InChI=1S/C18H24O2/c19-17-5-1-4-16-15(17)3-2-6-18(16)20-11-14-10-12-7-8-13(14)9-12/h2-3,6,12-14,17,19H,1,4-5,7-11H2. The number of hydrogen-bond acceptors (Lipinski definition) is 2. The van der Waals surface area contributed by atoms with Crippen LogP contribution in [0, 0.1) is 17.8 Å². The average molecular weight is 272 g/mol. The normalized spacial score (nSPS) is 35.0. The molecule has 4 rings (SSSR count). The Hall–Kier alpha value is -1.02. The highest BCUT2D eigenvalue weighted by atomic mass is 16.5. The van der Waals surface area contributed by atoms with E-state index in [1.54, 1.807) is 0 Å². The van der Waals surface area contributed by atoms with Gasteiger partial charge in [0.1, 0.15) is 5.75 Å². The minimum Gasteiger partial charge on any atom is -0.493 e. The lowest BCUT2D eigenvalue weighted by molar-refractivity contribution is 0.153. The molecule has 4 unspecified atom stereocenters. The van der Waals surface area contributed by atoms with Crippen LogP contribution >= 0.6 is 0 Å². The van der Waals surface area contributed by atoms with Gasteiger partial charge in [0.15, 0.2) is 0 Å². The van der Waals surface area contributed by atoms with Gasteiger partial charge in [0.2, 0.25) is 0 Å². The smallest absolute Gasteiger partial charge is 0.122 e. The SMILES string of the molecule is OC1CCCc2c(OCC3CC4CCC3C4)cccc21. The molecule has 1 aromatic rings. The molecule has 0 radical (unpaired) electrons. The van der Waals surface area contributed by atoms with Crippen LogP contribution in [0.15, 0.2) is 18.2 Å². The molecule has 2 heteroatoms. The highest BCUT2D eigenvalue weighted by molar-refractivity contribution is 5.42. The van der Waals surface area contributed by atoms with Crippen LogP contribution in [0.4, 0.5) is 0 Å². The summed E-state index contributed by atoms with van der Waals surface area (Å²) in [4.78, 5) is 0. The molecule has 3 aliphatic rings. The van der Waals surface area contributed by atoms with Crippen LogP contribution in [-0.2, 0) is 6.42 Å². The minimum absolute atomic E-state index is 0.287. The lowest BCUT2D eigenvalue weighted by Crippen LogP contribution is -2.19. The fourth-order valence-corrected chi connectivity index (χ4v) is 4.70. The monoisotopic (exact) mass is 272 g/mol. The van der Waals surface area contributed by atoms with Gasteiger partial charge in [-0.3, -0.25) is 0 Å². The van der Waals surface area contributed by atoms with Gasteiger partial charge < -0.3 is 9.84 Å². The summed E-state index contributed by atoms with van der Waals surface area (Å²) in [6.45, 7) is 0.883. The van der Waals surface area contributed by atoms with Gasteiger partial charge >= 0.3 is 0 Å². The highest BCUT2D eigenvalue weighted by Crippen LogP contribution is 2.48. The van der Waals surface area contributed by atoms with Crippen LogP contribution in [0.2, 0.25) is 0 Å². The molecule has 2 bridgehead atoms. The number of ether oxygens (including phenoxy) is 1. The molecule has 0 heterocycles. The van der Waals surface area contributed by atoms with Gasteiger partial charge in [0, 0.05) is 0 Å². The quantitative estimate of drug-likeness (QED) is 0.905. The van der Waals surface area contributed by atoms with E-state index < -0.39 is 0 Å². The molecule has 3 aliphatic carbocycles. The van der Waals surface area contributed by atoms with Crippen molar-refractivity contribution in [2.75, 3.05) is 6.61 Å². The number of aliphatic hydroxyl groups is 1. The lowest BCUT2D eigenvalue weighted by atomic mass is 9.88. The Labute approximate surface area is 121 Å². The maximum Gasteiger partial charge on any atom is 0.122 e. The predicted octanol–water partition coefficient (Wildman–Crippen LogP) is 3.87. The van der Waals surface area contributed by atoms with E-state index >= 15 is 0 Å². The molecular weight excluding hydrogens is 248 g/mol. The van der Waals surface area contributed by atoms with Crippen molar-refractivity contribution in [3.63, 3.8) is 0 Å². The van der Waals surface area contributed by atoms with Crippen LogP contribution < -0.4 is 4.74 Å². The zero-order chi connectivity index (χ0) is 13.5. The Kier molecular flexibility index (Phi) is 3.22. The zero-order valence-electron chi connectivity index (χ0n) is 12.1. The van der Waals surface area contributed by atoms with Crippen molar-refractivity contribution < 1.29 is 9.84 Å². The molecule has 2 fully saturated rings. The molecule has 20 heavy (non-hydrogen) atoms. The van der Waals surface area contributed by atoms with Crippen LogP contribution in [0.25, 0.3) is 0 Å². The van der Waals surface area contributed by atoms with Crippen molar-refractivity contribution in [1.82, 2.24) is 0 Å². The second-order valence-corrected chi connectivity index (χ2v) is 6.98. The third-order valence-corrected chi connectivity index (χ3v) is 5.77. The molecule has 108 valence electrons. The maximum atomic E-state index is 10.1. The fourth-order valence-electron chi connectivity index (χ4n) is 4.70. The first-order valence-electron chi connectivity index (χ1n) is 8.24. The molecule has 2 saturated carbocycles. The third kappa shape index (κ3) is 2.14. The summed E-state index contributed by atoms with van der Waals surface area (Å²) < 4.78 is 6.18. The molecular formula is C18H24O2. The molecule has 0 aromatic heterocycles. The van der Waals surface area contributed by atoms with Crippen LogP contribution in [0.5, 0.6) is 5.75 Å². The molecule has 4 atom stereocenters. The highest BCUT2D eigenvalue weighted by Gasteiger charge is 2.39. The summed E-state index contributed by atoms with van der Waals surface area (Å²) in [5, 5.41) is 10.1. The van der Waals surface area contributed by atoms with Gasteiger partial charge in [-0.1, -0.05) is 18.6 Å². The number of rotatable bonds is 3. The largest absolute Gasteiger partial charge is 0.493 e. The van der Waals surface area contributed by atoms with Crippen LogP contribution in [-0.4, -0.2) is 11.7 Å². The Bertz CT molecular complexity index is 496. The van der Waals surface area contributed by atoms with Gasteiger partial charge in [0.25, 0.3) is 0 Å². The van der Waals surface area contributed by atoms with Crippen molar-refractivity contribution in [2.24, 2.45) is 17.8 Å². The van der Waals surface area contributed by atoms with E-state index in [1.807, 2.05) is 6.07 Å². The Morgan fingerprint density at radius 3 is 2.90 bits per heavy atom. The van der Waals surface area contributed by atoms with E-state index in [-0.39, 0.29) is 6.10 Å². The van der Waals surface area contributed by atoms with E-state index in [1.165, 1.54) is 31.2 Å². The second kappa shape index (κ2) is 5.07. The van der Waals surface area contributed by atoms with Crippen molar-refractivity contribution in [3.8, 4) is 5.75 Å². The number of hydrogen-bond donors (Lipinski definition) is 1.